The zero-order valence-electron chi connectivity index (χ0n) is 16.7. The molecule has 4 rings (SSSR count). The lowest BCUT2D eigenvalue weighted by Gasteiger charge is -2.14. The number of nitrogens with one attached hydrogen (secondary N) is 2. The van der Waals surface area contributed by atoms with Crippen LogP contribution in [0.5, 0.6) is 11.5 Å². The molecular formula is C22H18N4O5. The number of barbiturate groups is 1. The van der Waals surface area contributed by atoms with E-state index in [1.807, 2.05) is 30.3 Å². The summed E-state index contributed by atoms with van der Waals surface area (Å²) in [5.74, 6) is -0.458. The minimum atomic E-state index is -0.857. The second-order valence-electron chi connectivity index (χ2n) is 6.57. The van der Waals surface area contributed by atoms with Crippen LogP contribution >= 0.6 is 0 Å². The van der Waals surface area contributed by atoms with E-state index in [-0.39, 0.29) is 5.57 Å². The molecule has 0 spiro atoms. The van der Waals surface area contributed by atoms with Crippen LogP contribution in [-0.2, 0) is 9.59 Å². The Morgan fingerprint density at radius 3 is 2.29 bits per heavy atom. The van der Waals surface area contributed by atoms with Crippen molar-refractivity contribution >= 4 is 23.9 Å². The van der Waals surface area contributed by atoms with Crippen LogP contribution in [0.1, 0.15) is 5.56 Å². The number of hydrogen-bond acceptors (Lipinski definition) is 6. The normalized spacial score (nSPS) is 13.5. The molecule has 0 bridgehead atoms. The molecule has 0 atom stereocenters. The largest absolute Gasteiger partial charge is 0.497 e. The Labute approximate surface area is 177 Å². The molecule has 1 aromatic heterocycles. The van der Waals surface area contributed by atoms with E-state index in [4.69, 9.17) is 9.47 Å². The molecule has 1 aliphatic heterocycles. The Morgan fingerprint density at radius 2 is 1.65 bits per heavy atom. The molecule has 1 aliphatic rings. The predicted molar refractivity (Wildman–Crippen MR) is 112 cm³/mol. The highest BCUT2D eigenvalue weighted by atomic mass is 16.5. The van der Waals surface area contributed by atoms with Crippen molar-refractivity contribution in [1.82, 2.24) is 20.4 Å². The summed E-state index contributed by atoms with van der Waals surface area (Å²) in [6.07, 6.45) is 3.08. The number of ether oxygens (including phenoxy) is 2. The zero-order valence-corrected chi connectivity index (χ0v) is 16.7. The van der Waals surface area contributed by atoms with Gasteiger partial charge in [-0.2, -0.15) is 5.10 Å². The molecule has 0 saturated carbocycles. The van der Waals surface area contributed by atoms with Crippen molar-refractivity contribution in [2.24, 2.45) is 0 Å². The molecule has 4 amide bonds. The first-order valence-electron chi connectivity index (χ1n) is 9.26. The first-order chi connectivity index (χ1) is 15.0. The number of carbonyl (C=O) groups is 3. The second kappa shape index (κ2) is 8.15. The van der Waals surface area contributed by atoms with Gasteiger partial charge in [0.25, 0.3) is 11.8 Å². The summed E-state index contributed by atoms with van der Waals surface area (Å²) in [4.78, 5) is 35.8. The smallest absolute Gasteiger partial charge is 0.328 e. The van der Waals surface area contributed by atoms with Gasteiger partial charge in [-0.15, -0.1) is 0 Å². The number of methoxy groups -OCH3 is 2. The fraction of sp³-hybridized carbons (Fsp3) is 0.0909. The molecule has 1 saturated heterocycles. The monoisotopic (exact) mass is 418 g/mol. The summed E-state index contributed by atoms with van der Waals surface area (Å²) >= 11 is 0. The lowest BCUT2D eigenvalue weighted by Crippen LogP contribution is -2.51. The molecule has 156 valence electrons. The van der Waals surface area contributed by atoms with Crippen LogP contribution in [0.2, 0.25) is 0 Å². The van der Waals surface area contributed by atoms with Crippen molar-refractivity contribution in [3.8, 4) is 28.4 Å². The maximum atomic E-state index is 12.2. The number of urea groups is 1. The molecule has 9 heteroatoms. The molecule has 31 heavy (non-hydrogen) atoms. The summed E-state index contributed by atoms with van der Waals surface area (Å²) < 4.78 is 12.4. The van der Waals surface area contributed by atoms with Crippen LogP contribution in [0.15, 0.2) is 60.3 Å². The third-order valence-electron chi connectivity index (χ3n) is 4.67. The number of hydrogen-bond donors (Lipinski definition) is 2. The lowest BCUT2D eigenvalue weighted by atomic mass is 10.0. The summed E-state index contributed by atoms with van der Waals surface area (Å²) in [5.41, 5.74) is 2.18. The number of para-hydroxylation sites is 1. The fourth-order valence-electron chi connectivity index (χ4n) is 3.17. The number of rotatable bonds is 5. The molecule has 0 unspecified atom stereocenters. The van der Waals surface area contributed by atoms with Gasteiger partial charge in [-0.05, 0) is 30.3 Å². The third kappa shape index (κ3) is 3.88. The SMILES string of the molecule is COc1ccc(-c2nn(-c3ccccc3)cc2C=C2C(=O)NC(=O)NC2=O)c(OC)c1. The van der Waals surface area contributed by atoms with E-state index in [0.717, 1.165) is 5.69 Å². The third-order valence-corrected chi connectivity index (χ3v) is 4.67. The van der Waals surface area contributed by atoms with E-state index in [0.29, 0.717) is 28.3 Å². The molecule has 1 fully saturated rings. The Balaban J connectivity index is 1.90. The van der Waals surface area contributed by atoms with Gasteiger partial charge in [-0.1, -0.05) is 18.2 Å². The topological polar surface area (TPSA) is 112 Å². The second-order valence-corrected chi connectivity index (χ2v) is 6.57. The van der Waals surface area contributed by atoms with Gasteiger partial charge in [0.05, 0.1) is 19.9 Å². The predicted octanol–water partition coefficient (Wildman–Crippen LogP) is 2.31. The van der Waals surface area contributed by atoms with E-state index >= 15 is 0 Å². The maximum absolute atomic E-state index is 12.2. The zero-order chi connectivity index (χ0) is 22.0. The Morgan fingerprint density at radius 1 is 0.935 bits per heavy atom. The quantitative estimate of drug-likeness (QED) is 0.486. The minimum absolute atomic E-state index is 0.207. The van der Waals surface area contributed by atoms with Gasteiger partial charge in [0, 0.05) is 23.4 Å². The number of amides is 4. The van der Waals surface area contributed by atoms with E-state index in [1.165, 1.54) is 13.2 Å². The van der Waals surface area contributed by atoms with Gasteiger partial charge in [-0.3, -0.25) is 20.2 Å². The van der Waals surface area contributed by atoms with Gasteiger partial charge in [0.15, 0.2) is 0 Å². The van der Waals surface area contributed by atoms with Crippen LogP contribution < -0.4 is 20.1 Å². The van der Waals surface area contributed by atoms with Crippen molar-refractivity contribution in [1.29, 1.82) is 0 Å². The highest BCUT2D eigenvalue weighted by molar-refractivity contribution is 6.31. The highest BCUT2D eigenvalue weighted by Crippen LogP contribution is 2.35. The van der Waals surface area contributed by atoms with Crippen molar-refractivity contribution in [3.05, 3.63) is 65.9 Å². The van der Waals surface area contributed by atoms with Crippen LogP contribution in [0.3, 0.4) is 0 Å². The number of imide groups is 2. The van der Waals surface area contributed by atoms with Gasteiger partial charge in [0.2, 0.25) is 0 Å². The molecule has 0 aliphatic carbocycles. The van der Waals surface area contributed by atoms with Crippen molar-refractivity contribution in [2.75, 3.05) is 14.2 Å². The Bertz CT molecular complexity index is 1190. The molecule has 2 heterocycles. The van der Waals surface area contributed by atoms with E-state index in [1.54, 1.807) is 36.2 Å². The number of aromatic nitrogens is 2. The van der Waals surface area contributed by atoms with Gasteiger partial charge in [0.1, 0.15) is 22.8 Å². The highest BCUT2D eigenvalue weighted by Gasteiger charge is 2.28. The average Bonchev–Trinajstić information content (AvgIpc) is 3.20. The van der Waals surface area contributed by atoms with Crippen LogP contribution in [0, 0.1) is 0 Å². The molecule has 3 aromatic rings. The van der Waals surface area contributed by atoms with Crippen molar-refractivity contribution < 1.29 is 23.9 Å². The number of benzene rings is 2. The molecular weight excluding hydrogens is 400 g/mol. The Kier molecular flexibility index (Phi) is 5.23. The van der Waals surface area contributed by atoms with Crippen molar-refractivity contribution in [3.63, 3.8) is 0 Å². The molecule has 2 aromatic carbocycles. The van der Waals surface area contributed by atoms with E-state index < -0.39 is 17.8 Å². The van der Waals surface area contributed by atoms with E-state index in [2.05, 4.69) is 15.7 Å². The fourth-order valence-corrected chi connectivity index (χ4v) is 3.17. The summed E-state index contributed by atoms with van der Waals surface area (Å²) in [5, 5.41) is 8.80. The summed E-state index contributed by atoms with van der Waals surface area (Å²) in [6.45, 7) is 0. The van der Waals surface area contributed by atoms with Crippen LogP contribution in [-0.4, -0.2) is 41.8 Å². The first kappa shape index (κ1) is 19.9. The minimum Gasteiger partial charge on any atom is -0.497 e. The average molecular weight is 418 g/mol. The maximum Gasteiger partial charge on any atom is 0.328 e. The standard InChI is InChI=1S/C22H18N4O5/c1-30-15-8-9-16(18(11-15)31-2)19-13(10-17-20(27)23-22(29)24-21(17)28)12-26(25-19)14-6-4-3-5-7-14/h3-12H,1-2H3,(H2,23,24,27,28,29). The van der Waals surface area contributed by atoms with Gasteiger partial charge < -0.3 is 9.47 Å². The number of carbonyl (C=O) groups excluding carboxylic acids is 3. The Hall–Kier alpha value is -4.40. The molecule has 2 N–H and O–H groups in total. The molecule has 0 radical (unpaired) electrons. The van der Waals surface area contributed by atoms with Crippen LogP contribution in [0.25, 0.3) is 23.0 Å². The van der Waals surface area contributed by atoms with Crippen molar-refractivity contribution in [2.45, 2.75) is 0 Å². The van der Waals surface area contributed by atoms with Crippen LogP contribution in [0.4, 0.5) is 4.79 Å². The molecule has 9 nitrogen and oxygen atoms in total. The number of nitrogens with zero attached hydrogens (tertiary/aromatic N) is 2. The summed E-state index contributed by atoms with van der Waals surface area (Å²) in [6, 6.07) is 13.8. The van der Waals surface area contributed by atoms with Gasteiger partial charge in [-0.25, -0.2) is 9.48 Å². The van der Waals surface area contributed by atoms with Gasteiger partial charge >= 0.3 is 6.03 Å². The van der Waals surface area contributed by atoms with E-state index in [9.17, 15) is 14.4 Å². The lowest BCUT2D eigenvalue weighted by molar-refractivity contribution is -0.123. The first-order valence-corrected chi connectivity index (χ1v) is 9.26. The summed E-state index contributed by atoms with van der Waals surface area (Å²) in [7, 11) is 3.08.